The lowest BCUT2D eigenvalue weighted by atomic mass is 9.93. The molecule has 0 radical (unpaired) electrons. The predicted octanol–water partition coefficient (Wildman–Crippen LogP) is 3.83. The van der Waals surface area contributed by atoms with Gasteiger partial charge < -0.3 is 14.9 Å². The Morgan fingerprint density at radius 3 is 2.40 bits per heavy atom. The smallest absolute Gasteiger partial charge is 0.128 e. The molecular formula is C16H17BrO3. The highest BCUT2D eigenvalue weighted by Gasteiger charge is 2.22. The van der Waals surface area contributed by atoms with Gasteiger partial charge >= 0.3 is 0 Å². The maximum atomic E-state index is 10.2. The van der Waals surface area contributed by atoms with Crippen molar-refractivity contribution in [2.75, 3.05) is 6.61 Å². The Bertz CT molecular complexity index is 564. The Kier molecular flexibility index (Phi) is 4.81. The van der Waals surface area contributed by atoms with E-state index >= 15 is 0 Å². The van der Waals surface area contributed by atoms with Crippen LogP contribution in [0.2, 0.25) is 0 Å². The molecule has 0 bridgehead atoms. The summed E-state index contributed by atoms with van der Waals surface area (Å²) in [6.45, 7) is 1.64. The summed E-state index contributed by atoms with van der Waals surface area (Å²) in [4.78, 5) is 0. The van der Waals surface area contributed by atoms with Crippen LogP contribution in [-0.4, -0.2) is 16.8 Å². The standard InChI is InChI=1S/C16H17BrO3/c1-16(19,9-10-18)12-5-7-14(8-6-12)20-15-4-2-3-13(17)11-15/h2-8,11,18-19H,9-10H2,1H3. The summed E-state index contributed by atoms with van der Waals surface area (Å²) in [5.74, 6) is 1.45. The lowest BCUT2D eigenvalue weighted by Crippen LogP contribution is -2.22. The topological polar surface area (TPSA) is 49.7 Å². The molecule has 0 saturated carbocycles. The number of aliphatic hydroxyl groups excluding tert-OH is 1. The Balaban J connectivity index is 2.12. The zero-order chi connectivity index (χ0) is 14.6. The van der Waals surface area contributed by atoms with Gasteiger partial charge in [0.25, 0.3) is 0 Å². The Morgan fingerprint density at radius 1 is 1.10 bits per heavy atom. The molecule has 0 aromatic heterocycles. The third kappa shape index (κ3) is 3.82. The fourth-order valence-corrected chi connectivity index (χ4v) is 2.29. The molecule has 2 N–H and O–H groups in total. The summed E-state index contributed by atoms with van der Waals surface area (Å²) in [7, 11) is 0. The second-order valence-electron chi connectivity index (χ2n) is 4.83. The highest BCUT2D eigenvalue weighted by atomic mass is 79.9. The van der Waals surface area contributed by atoms with Crippen molar-refractivity contribution in [2.45, 2.75) is 18.9 Å². The van der Waals surface area contributed by atoms with Gasteiger partial charge in [0.2, 0.25) is 0 Å². The van der Waals surface area contributed by atoms with E-state index in [1.807, 2.05) is 48.5 Å². The first kappa shape index (κ1) is 15.0. The van der Waals surface area contributed by atoms with Gasteiger partial charge in [-0.15, -0.1) is 0 Å². The van der Waals surface area contributed by atoms with E-state index < -0.39 is 5.60 Å². The molecule has 0 fully saturated rings. The fraction of sp³-hybridized carbons (Fsp3) is 0.250. The average Bonchev–Trinajstić information content (AvgIpc) is 2.39. The summed E-state index contributed by atoms with van der Waals surface area (Å²) in [5, 5.41) is 19.1. The molecule has 0 spiro atoms. The highest BCUT2D eigenvalue weighted by Crippen LogP contribution is 2.28. The molecule has 106 valence electrons. The maximum Gasteiger partial charge on any atom is 0.128 e. The van der Waals surface area contributed by atoms with Crippen LogP contribution >= 0.6 is 15.9 Å². The SMILES string of the molecule is CC(O)(CCO)c1ccc(Oc2cccc(Br)c2)cc1. The molecule has 1 unspecified atom stereocenters. The van der Waals surface area contributed by atoms with Crippen LogP contribution in [-0.2, 0) is 5.60 Å². The summed E-state index contributed by atoms with van der Waals surface area (Å²) < 4.78 is 6.68. The number of hydrogen-bond donors (Lipinski definition) is 2. The van der Waals surface area contributed by atoms with Gasteiger partial charge in [0.1, 0.15) is 11.5 Å². The van der Waals surface area contributed by atoms with Crippen molar-refractivity contribution in [1.29, 1.82) is 0 Å². The first-order valence-electron chi connectivity index (χ1n) is 6.38. The molecule has 0 heterocycles. The normalized spacial score (nSPS) is 13.8. The minimum absolute atomic E-state index is 0.0523. The Morgan fingerprint density at radius 2 is 1.80 bits per heavy atom. The van der Waals surface area contributed by atoms with E-state index in [-0.39, 0.29) is 6.61 Å². The minimum Gasteiger partial charge on any atom is -0.457 e. The van der Waals surface area contributed by atoms with Crippen LogP contribution in [0.4, 0.5) is 0 Å². The quantitative estimate of drug-likeness (QED) is 0.872. The van der Waals surface area contributed by atoms with Crippen LogP contribution in [0.3, 0.4) is 0 Å². The third-order valence-corrected chi connectivity index (χ3v) is 3.60. The van der Waals surface area contributed by atoms with Crippen molar-refractivity contribution < 1.29 is 14.9 Å². The van der Waals surface area contributed by atoms with E-state index in [1.165, 1.54) is 0 Å². The second kappa shape index (κ2) is 6.39. The minimum atomic E-state index is -1.02. The van der Waals surface area contributed by atoms with E-state index in [9.17, 15) is 5.11 Å². The number of halogens is 1. The van der Waals surface area contributed by atoms with Crippen molar-refractivity contribution in [2.24, 2.45) is 0 Å². The number of ether oxygens (including phenoxy) is 1. The van der Waals surface area contributed by atoms with Gasteiger partial charge in [-0.1, -0.05) is 34.1 Å². The lowest BCUT2D eigenvalue weighted by molar-refractivity contribution is 0.0299. The molecule has 4 heteroatoms. The van der Waals surface area contributed by atoms with Gasteiger partial charge in [-0.3, -0.25) is 0 Å². The average molecular weight is 337 g/mol. The highest BCUT2D eigenvalue weighted by molar-refractivity contribution is 9.10. The predicted molar refractivity (Wildman–Crippen MR) is 81.9 cm³/mol. The van der Waals surface area contributed by atoms with Gasteiger partial charge in [0, 0.05) is 17.5 Å². The van der Waals surface area contributed by atoms with Crippen LogP contribution in [0.25, 0.3) is 0 Å². The number of benzene rings is 2. The van der Waals surface area contributed by atoms with Crippen LogP contribution < -0.4 is 4.74 Å². The Hall–Kier alpha value is -1.36. The van der Waals surface area contributed by atoms with E-state index in [1.54, 1.807) is 6.92 Å². The summed E-state index contributed by atoms with van der Waals surface area (Å²) in [5.41, 5.74) is -0.267. The van der Waals surface area contributed by atoms with Crippen molar-refractivity contribution >= 4 is 15.9 Å². The third-order valence-electron chi connectivity index (χ3n) is 3.11. The van der Waals surface area contributed by atoms with E-state index in [0.717, 1.165) is 15.8 Å². The molecule has 2 aromatic rings. The van der Waals surface area contributed by atoms with Gasteiger partial charge in [-0.2, -0.15) is 0 Å². The maximum absolute atomic E-state index is 10.2. The van der Waals surface area contributed by atoms with E-state index in [4.69, 9.17) is 9.84 Å². The molecule has 2 rings (SSSR count). The number of rotatable bonds is 5. The van der Waals surface area contributed by atoms with Crippen molar-refractivity contribution in [3.8, 4) is 11.5 Å². The zero-order valence-electron chi connectivity index (χ0n) is 11.2. The molecule has 0 aliphatic rings. The summed E-state index contributed by atoms with van der Waals surface area (Å²) >= 11 is 3.39. The summed E-state index contributed by atoms with van der Waals surface area (Å²) in [6, 6.07) is 14.8. The van der Waals surface area contributed by atoms with Crippen LogP contribution in [0.15, 0.2) is 53.0 Å². The number of hydrogen-bond acceptors (Lipinski definition) is 3. The molecule has 1 atom stereocenters. The van der Waals surface area contributed by atoms with Crippen molar-refractivity contribution in [3.05, 3.63) is 58.6 Å². The first-order valence-corrected chi connectivity index (χ1v) is 7.18. The van der Waals surface area contributed by atoms with E-state index in [2.05, 4.69) is 15.9 Å². The molecule has 3 nitrogen and oxygen atoms in total. The number of aliphatic hydroxyl groups is 2. The molecule has 0 aliphatic heterocycles. The molecule has 0 saturated heterocycles. The lowest BCUT2D eigenvalue weighted by Gasteiger charge is -2.22. The largest absolute Gasteiger partial charge is 0.457 e. The van der Waals surface area contributed by atoms with E-state index in [0.29, 0.717) is 12.2 Å². The molecule has 20 heavy (non-hydrogen) atoms. The fourth-order valence-electron chi connectivity index (χ4n) is 1.91. The van der Waals surface area contributed by atoms with Gasteiger partial charge in [-0.05, 0) is 42.8 Å². The first-order chi connectivity index (χ1) is 9.51. The van der Waals surface area contributed by atoms with Gasteiger partial charge in [0.05, 0.1) is 5.60 Å². The summed E-state index contributed by atoms with van der Waals surface area (Å²) in [6.07, 6.45) is 0.304. The zero-order valence-corrected chi connectivity index (χ0v) is 12.8. The van der Waals surface area contributed by atoms with Crippen molar-refractivity contribution in [3.63, 3.8) is 0 Å². The van der Waals surface area contributed by atoms with Crippen LogP contribution in [0.1, 0.15) is 18.9 Å². The Labute approximate surface area is 127 Å². The molecule has 0 amide bonds. The molecule has 0 aliphatic carbocycles. The van der Waals surface area contributed by atoms with Gasteiger partial charge in [-0.25, -0.2) is 0 Å². The van der Waals surface area contributed by atoms with Crippen LogP contribution in [0.5, 0.6) is 11.5 Å². The molecule has 2 aromatic carbocycles. The monoisotopic (exact) mass is 336 g/mol. The van der Waals surface area contributed by atoms with Crippen molar-refractivity contribution in [1.82, 2.24) is 0 Å². The van der Waals surface area contributed by atoms with Crippen LogP contribution in [0, 0.1) is 0 Å². The molecular weight excluding hydrogens is 320 g/mol. The van der Waals surface area contributed by atoms with Gasteiger partial charge in [0.15, 0.2) is 0 Å². The second-order valence-corrected chi connectivity index (χ2v) is 5.75.